The Morgan fingerprint density at radius 3 is 2.57 bits per heavy atom. The van der Waals surface area contributed by atoms with Gasteiger partial charge in [-0.05, 0) is 25.0 Å². The van der Waals surface area contributed by atoms with Crippen molar-refractivity contribution in [1.29, 1.82) is 0 Å². The fourth-order valence-electron chi connectivity index (χ4n) is 2.99. The van der Waals surface area contributed by atoms with E-state index in [1.54, 1.807) is 0 Å². The van der Waals surface area contributed by atoms with E-state index in [1.165, 1.54) is 12.8 Å². The molecule has 1 aromatic rings. The lowest BCUT2D eigenvalue weighted by Gasteiger charge is -2.29. The van der Waals surface area contributed by atoms with Crippen molar-refractivity contribution in [3.8, 4) is 0 Å². The van der Waals surface area contributed by atoms with E-state index in [0.29, 0.717) is 5.82 Å². The zero-order chi connectivity index (χ0) is 13.8. The Morgan fingerprint density at radius 2 is 1.95 bits per heavy atom. The van der Waals surface area contributed by atoms with Crippen LogP contribution in [0.25, 0.3) is 0 Å². The monoisotopic (exact) mass is 310 g/mol. The van der Waals surface area contributed by atoms with Gasteiger partial charge in [-0.1, -0.05) is 12.8 Å². The number of amides is 1. The second-order valence-electron chi connectivity index (χ2n) is 5.61. The van der Waals surface area contributed by atoms with Crippen molar-refractivity contribution in [3.63, 3.8) is 0 Å². The zero-order valence-corrected chi connectivity index (χ0v) is 13.0. The van der Waals surface area contributed by atoms with Crippen molar-refractivity contribution < 1.29 is 4.79 Å². The Hall–Kier alpha value is -1.33. The molecule has 2 fully saturated rings. The molecule has 1 aliphatic carbocycles. The highest BCUT2D eigenvalue weighted by molar-refractivity contribution is 5.91. The summed E-state index contributed by atoms with van der Waals surface area (Å²) < 4.78 is 0. The van der Waals surface area contributed by atoms with E-state index in [1.807, 2.05) is 18.3 Å². The molecule has 21 heavy (non-hydrogen) atoms. The maximum absolute atomic E-state index is 12.0. The van der Waals surface area contributed by atoms with Gasteiger partial charge in [0.2, 0.25) is 5.91 Å². The van der Waals surface area contributed by atoms with Crippen LogP contribution in [0.4, 0.5) is 11.5 Å². The summed E-state index contributed by atoms with van der Waals surface area (Å²) in [5.74, 6) is 0.982. The zero-order valence-electron chi connectivity index (χ0n) is 12.2. The predicted molar refractivity (Wildman–Crippen MR) is 87.2 cm³/mol. The summed E-state index contributed by atoms with van der Waals surface area (Å²) in [6.07, 6.45) is 6.24. The second kappa shape index (κ2) is 7.61. The summed E-state index contributed by atoms with van der Waals surface area (Å²) in [4.78, 5) is 18.7. The molecule has 1 aliphatic heterocycles. The van der Waals surface area contributed by atoms with Crippen LogP contribution in [0.1, 0.15) is 25.7 Å². The predicted octanol–water partition coefficient (Wildman–Crippen LogP) is 2.04. The van der Waals surface area contributed by atoms with Crippen LogP contribution in [0.5, 0.6) is 0 Å². The summed E-state index contributed by atoms with van der Waals surface area (Å²) in [6, 6.07) is 3.95. The molecule has 116 valence electrons. The minimum Gasteiger partial charge on any atom is -0.368 e. The normalized spacial score (nSPS) is 19.1. The molecule has 0 aromatic carbocycles. The summed E-state index contributed by atoms with van der Waals surface area (Å²) in [6.45, 7) is 4.05. The first-order chi connectivity index (χ1) is 9.83. The van der Waals surface area contributed by atoms with Gasteiger partial charge in [0.25, 0.3) is 0 Å². The minimum absolute atomic E-state index is 0. The number of pyridine rings is 1. The van der Waals surface area contributed by atoms with E-state index in [0.717, 1.165) is 44.7 Å². The molecular weight excluding hydrogens is 288 g/mol. The molecule has 2 N–H and O–H groups in total. The van der Waals surface area contributed by atoms with E-state index >= 15 is 0 Å². The maximum Gasteiger partial charge on any atom is 0.228 e. The van der Waals surface area contributed by atoms with E-state index < -0.39 is 0 Å². The SMILES string of the molecule is Cl.O=C(Nc1ccc(N2CCNCC2)cn1)C1CCCC1. The number of nitrogens with zero attached hydrogens (tertiary/aromatic N) is 2. The summed E-state index contributed by atoms with van der Waals surface area (Å²) in [5, 5.41) is 6.27. The van der Waals surface area contributed by atoms with Gasteiger partial charge in [0.05, 0.1) is 11.9 Å². The van der Waals surface area contributed by atoms with Gasteiger partial charge in [-0.25, -0.2) is 4.98 Å². The quantitative estimate of drug-likeness (QED) is 0.897. The number of carbonyl (C=O) groups excluding carboxylic acids is 1. The molecule has 1 amide bonds. The van der Waals surface area contributed by atoms with Crippen molar-refractivity contribution in [2.45, 2.75) is 25.7 Å². The van der Waals surface area contributed by atoms with Crippen molar-refractivity contribution in [1.82, 2.24) is 10.3 Å². The molecule has 1 saturated heterocycles. The number of piperazine rings is 1. The molecular formula is C15H23ClN4O. The largest absolute Gasteiger partial charge is 0.368 e. The molecule has 0 spiro atoms. The molecule has 3 rings (SSSR count). The molecule has 1 aromatic heterocycles. The Morgan fingerprint density at radius 1 is 1.24 bits per heavy atom. The Labute approximate surface area is 131 Å². The molecule has 0 bridgehead atoms. The van der Waals surface area contributed by atoms with Crippen LogP contribution >= 0.6 is 12.4 Å². The van der Waals surface area contributed by atoms with Crippen LogP contribution < -0.4 is 15.5 Å². The Kier molecular flexibility index (Phi) is 5.82. The number of hydrogen-bond donors (Lipinski definition) is 2. The van der Waals surface area contributed by atoms with Gasteiger partial charge in [-0.15, -0.1) is 12.4 Å². The Bertz CT molecular complexity index is 453. The van der Waals surface area contributed by atoms with Gasteiger partial charge >= 0.3 is 0 Å². The molecule has 2 heterocycles. The number of hydrogen-bond acceptors (Lipinski definition) is 4. The lowest BCUT2D eigenvalue weighted by molar-refractivity contribution is -0.119. The standard InChI is InChI=1S/C15H22N4O.ClH/c20-15(12-3-1-2-4-12)18-14-6-5-13(11-17-14)19-9-7-16-8-10-19;/h5-6,11-12,16H,1-4,7-10H2,(H,17,18,20);1H. The number of anilines is 2. The number of halogens is 1. The fraction of sp³-hybridized carbons (Fsp3) is 0.600. The lowest BCUT2D eigenvalue weighted by atomic mass is 10.1. The molecule has 1 saturated carbocycles. The third-order valence-corrected chi connectivity index (χ3v) is 4.21. The van der Waals surface area contributed by atoms with Gasteiger partial charge in [0, 0.05) is 32.1 Å². The number of carbonyl (C=O) groups is 1. The molecule has 6 heteroatoms. The average Bonchev–Trinajstić information content (AvgIpc) is 3.03. The summed E-state index contributed by atoms with van der Waals surface area (Å²) in [5.41, 5.74) is 1.13. The van der Waals surface area contributed by atoms with Crippen LogP contribution in [0.15, 0.2) is 18.3 Å². The second-order valence-corrected chi connectivity index (χ2v) is 5.61. The molecule has 0 unspecified atom stereocenters. The highest BCUT2D eigenvalue weighted by Gasteiger charge is 2.22. The molecule has 5 nitrogen and oxygen atoms in total. The van der Waals surface area contributed by atoms with Gasteiger partial charge < -0.3 is 15.5 Å². The van der Waals surface area contributed by atoms with Gasteiger partial charge in [0.15, 0.2) is 0 Å². The first kappa shape index (κ1) is 16.0. The fourth-order valence-corrected chi connectivity index (χ4v) is 2.99. The van der Waals surface area contributed by atoms with Crippen molar-refractivity contribution >= 4 is 29.8 Å². The summed E-state index contributed by atoms with van der Waals surface area (Å²) >= 11 is 0. The molecule has 0 atom stereocenters. The van der Waals surface area contributed by atoms with Gasteiger partial charge in [0.1, 0.15) is 5.82 Å². The van der Waals surface area contributed by atoms with Gasteiger partial charge in [-0.2, -0.15) is 0 Å². The van der Waals surface area contributed by atoms with E-state index in [4.69, 9.17) is 0 Å². The van der Waals surface area contributed by atoms with Crippen LogP contribution in [0.3, 0.4) is 0 Å². The average molecular weight is 311 g/mol. The first-order valence-electron chi connectivity index (χ1n) is 7.55. The van der Waals surface area contributed by atoms with Crippen molar-refractivity contribution in [3.05, 3.63) is 18.3 Å². The lowest BCUT2D eigenvalue weighted by Crippen LogP contribution is -2.43. The number of nitrogens with one attached hydrogen (secondary N) is 2. The molecule has 2 aliphatic rings. The van der Waals surface area contributed by atoms with E-state index in [9.17, 15) is 4.79 Å². The highest BCUT2D eigenvalue weighted by Crippen LogP contribution is 2.26. The van der Waals surface area contributed by atoms with Crippen LogP contribution in [0.2, 0.25) is 0 Å². The van der Waals surface area contributed by atoms with Crippen LogP contribution in [-0.2, 0) is 4.79 Å². The molecule has 0 radical (unpaired) electrons. The third kappa shape index (κ3) is 4.08. The van der Waals surface area contributed by atoms with Crippen molar-refractivity contribution in [2.75, 3.05) is 36.4 Å². The summed E-state index contributed by atoms with van der Waals surface area (Å²) in [7, 11) is 0. The number of aromatic nitrogens is 1. The highest BCUT2D eigenvalue weighted by atomic mass is 35.5. The minimum atomic E-state index is 0. The van der Waals surface area contributed by atoms with Crippen LogP contribution in [-0.4, -0.2) is 37.1 Å². The van der Waals surface area contributed by atoms with Crippen molar-refractivity contribution in [2.24, 2.45) is 5.92 Å². The Balaban J connectivity index is 0.00000161. The third-order valence-electron chi connectivity index (χ3n) is 4.21. The first-order valence-corrected chi connectivity index (χ1v) is 7.55. The van der Waals surface area contributed by atoms with E-state index in [2.05, 4.69) is 20.5 Å². The van der Waals surface area contributed by atoms with Crippen LogP contribution in [0, 0.1) is 5.92 Å². The topological polar surface area (TPSA) is 57.3 Å². The van der Waals surface area contributed by atoms with E-state index in [-0.39, 0.29) is 24.2 Å². The maximum atomic E-state index is 12.0. The smallest absolute Gasteiger partial charge is 0.228 e. The number of rotatable bonds is 3. The van der Waals surface area contributed by atoms with Gasteiger partial charge in [-0.3, -0.25) is 4.79 Å².